The number of ketones is 2. The van der Waals surface area contributed by atoms with E-state index in [1.165, 1.54) is 0 Å². The number of anilines is 2. The minimum atomic E-state index is -0.530. The molecule has 1 aromatic heterocycles. The zero-order chi connectivity index (χ0) is 32.8. The zero-order valence-corrected chi connectivity index (χ0v) is 27.5. The third-order valence-corrected chi connectivity index (χ3v) is 8.70. The van der Waals surface area contributed by atoms with Crippen LogP contribution in [-0.2, 0) is 15.0 Å². The van der Waals surface area contributed by atoms with Crippen molar-refractivity contribution < 1.29 is 14.4 Å². The minimum absolute atomic E-state index is 0.0159. The first-order valence-electron chi connectivity index (χ1n) is 16.1. The van der Waals surface area contributed by atoms with E-state index in [0.717, 1.165) is 54.0 Å². The van der Waals surface area contributed by atoms with E-state index in [9.17, 15) is 14.4 Å². The van der Waals surface area contributed by atoms with Gasteiger partial charge in [0.15, 0.2) is 0 Å². The van der Waals surface area contributed by atoms with Crippen molar-refractivity contribution in [3.8, 4) is 5.69 Å². The fraction of sp³-hybridized carbons (Fsp3) is 0.368. The van der Waals surface area contributed by atoms with Crippen molar-refractivity contribution in [3.05, 3.63) is 107 Å². The molecule has 3 N–H and O–H groups in total. The zero-order valence-electron chi connectivity index (χ0n) is 27.5. The first-order chi connectivity index (χ1) is 22.0. The minimum Gasteiger partial charge on any atom is -0.317 e. The molecule has 0 radical (unpaired) electrons. The number of piperidine rings is 1. The van der Waals surface area contributed by atoms with E-state index in [2.05, 4.69) is 36.7 Å². The van der Waals surface area contributed by atoms with Crippen LogP contribution in [0.4, 0.5) is 16.3 Å². The average molecular weight is 620 g/mol. The lowest BCUT2D eigenvalue weighted by molar-refractivity contribution is -0.126. The molecule has 0 saturated carbocycles. The van der Waals surface area contributed by atoms with Gasteiger partial charge in [0.05, 0.1) is 17.3 Å². The van der Waals surface area contributed by atoms with Gasteiger partial charge in [-0.15, -0.1) is 0 Å². The Morgan fingerprint density at radius 1 is 0.891 bits per heavy atom. The number of rotatable bonds is 10. The number of benzene rings is 3. The molecule has 2 amide bonds. The highest BCUT2D eigenvalue weighted by molar-refractivity contribution is 6.00. The molecule has 2 unspecified atom stereocenters. The van der Waals surface area contributed by atoms with Crippen LogP contribution in [0, 0.1) is 12.8 Å². The summed E-state index contributed by atoms with van der Waals surface area (Å²) < 4.78 is 1.75. The Morgan fingerprint density at radius 3 is 2.22 bits per heavy atom. The largest absolute Gasteiger partial charge is 0.324 e. The number of urea groups is 1. The van der Waals surface area contributed by atoms with Gasteiger partial charge in [0.25, 0.3) is 0 Å². The number of nitrogens with one attached hydrogen (secondary N) is 3. The third kappa shape index (κ3) is 7.98. The molecule has 2 heterocycles. The van der Waals surface area contributed by atoms with Crippen LogP contribution in [0.25, 0.3) is 5.69 Å². The number of aromatic nitrogens is 2. The smallest absolute Gasteiger partial charge is 0.317 e. The number of Topliss-reactive ketones (excluding diaryl/α,β-unsaturated/α-hetero) is 2. The van der Waals surface area contributed by atoms with Gasteiger partial charge in [-0.25, -0.2) is 9.48 Å². The number of carbonyl (C=O) groups excluding carboxylic acids is 3. The van der Waals surface area contributed by atoms with Crippen LogP contribution in [0.15, 0.2) is 84.9 Å². The predicted octanol–water partition coefficient (Wildman–Crippen LogP) is 7.54. The quantitative estimate of drug-likeness (QED) is 0.170. The van der Waals surface area contributed by atoms with Gasteiger partial charge in [-0.05, 0) is 81.1 Å². The van der Waals surface area contributed by atoms with Crippen LogP contribution in [0.2, 0.25) is 0 Å². The Labute approximate surface area is 272 Å². The summed E-state index contributed by atoms with van der Waals surface area (Å²) >= 11 is 0. The molecule has 46 heavy (non-hydrogen) atoms. The lowest BCUT2D eigenvalue weighted by atomic mass is 9.72. The summed E-state index contributed by atoms with van der Waals surface area (Å²) in [7, 11) is 0. The molecule has 2 atom stereocenters. The number of hydrogen-bond acceptors (Lipinski definition) is 5. The molecular formula is C38H45N5O3. The van der Waals surface area contributed by atoms with Gasteiger partial charge in [-0.3, -0.25) is 14.9 Å². The summed E-state index contributed by atoms with van der Waals surface area (Å²) in [6.45, 7) is 11.5. The summed E-state index contributed by atoms with van der Waals surface area (Å²) in [6, 6.07) is 26.7. The molecule has 3 aromatic carbocycles. The molecular weight excluding hydrogens is 574 g/mol. The monoisotopic (exact) mass is 619 g/mol. The molecule has 1 fully saturated rings. The highest BCUT2D eigenvalue weighted by Crippen LogP contribution is 2.38. The van der Waals surface area contributed by atoms with E-state index >= 15 is 0 Å². The maximum atomic E-state index is 14.4. The molecule has 240 valence electrons. The summed E-state index contributed by atoms with van der Waals surface area (Å²) in [5, 5.41) is 14.2. The molecule has 5 rings (SSSR count). The Bertz CT molecular complexity index is 1660. The highest BCUT2D eigenvalue weighted by atomic mass is 16.2. The molecule has 8 heteroatoms. The molecule has 4 aromatic rings. The maximum absolute atomic E-state index is 14.4. The SMILES string of the molecule is CC(=O)CC(C(=O)C(c1cccc(NC(=O)Nc2cc(C(C)(C)C)nn2-c2ccc(C)cc2)c1)C1CCNCC1)c1ccccc1. The van der Waals surface area contributed by atoms with E-state index in [1.807, 2.05) is 91.9 Å². The molecule has 0 bridgehead atoms. The van der Waals surface area contributed by atoms with Crippen molar-refractivity contribution in [1.82, 2.24) is 15.1 Å². The van der Waals surface area contributed by atoms with Crippen LogP contribution in [-0.4, -0.2) is 40.5 Å². The Kier molecular flexibility index (Phi) is 10.2. The number of amides is 2. The summed E-state index contributed by atoms with van der Waals surface area (Å²) in [6.07, 6.45) is 1.88. The van der Waals surface area contributed by atoms with Crippen LogP contribution >= 0.6 is 0 Å². The normalized spacial score (nSPS) is 15.2. The van der Waals surface area contributed by atoms with Crippen LogP contribution in [0.1, 0.15) is 81.2 Å². The van der Waals surface area contributed by atoms with Crippen molar-refractivity contribution in [3.63, 3.8) is 0 Å². The number of aryl methyl sites for hydroxylation is 1. The van der Waals surface area contributed by atoms with E-state index in [4.69, 9.17) is 5.10 Å². The lowest BCUT2D eigenvalue weighted by Crippen LogP contribution is -2.35. The van der Waals surface area contributed by atoms with E-state index in [-0.39, 0.29) is 29.3 Å². The van der Waals surface area contributed by atoms with Gasteiger partial charge in [-0.1, -0.05) is 80.9 Å². The molecule has 0 spiro atoms. The number of nitrogens with zero attached hydrogens (tertiary/aromatic N) is 2. The Hall–Kier alpha value is -4.56. The average Bonchev–Trinajstić information content (AvgIpc) is 3.45. The summed E-state index contributed by atoms with van der Waals surface area (Å²) in [4.78, 5) is 40.2. The summed E-state index contributed by atoms with van der Waals surface area (Å²) in [5.74, 6) is -0.230. The van der Waals surface area contributed by atoms with Crippen molar-refractivity contribution in [2.75, 3.05) is 23.7 Å². The van der Waals surface area contributed by atoms with Crippen LogP contribution in [0.3, 0.4) is 0 Å². The van der Waals surface area contributed by atoms with Crippen LogP contribution in [0.5, 0.6) is 0 Å². The predicted molar refractivity (Wildman–Crippen MR) is 184 cm³/mol. The standard InChI is InChI=1S/C38H45N5O3/c1-25-14-16-31(17-15-25)43-34(24-33(42-43)38(3,4)5)41-37(46)40-30-13-9-12-29(23-30)35(28-18-20-39-21-19-28)36(45)32(22-26(2)44)27-10-7-6-8-11-27/h6-17,23-24,28,32,35,39H,18-22H2,1-5H3,(H2,40,41,46). The summed E-state index contributed by atoms with van der Waals surface area (Å²) in [5.41, 5.74) is 4.91. The van der Waals surface area contributed by atoms with E-state index in [1.54, 1.807) is 11.6 Å². The number of hydrogen-bond donors (Lipinski definition) is 3. The topological polar surface area (TPSA) is 105 Å². The maximum Gasteiger partial charge on any atom is 0.324 e. The second-order valence-electron chi connectivity index (χ2n) is 13.5. The molecule has 1 saturated heterocycles. The van der Waals surface area contributed by atoms with Gasteiger partial charge in [0.2, 0.25) is 0 Å². The second-order valence-corrected chi connectivity index (χ2v) is 13.5. The fourth-order valence-electron chi connectivity index (χ4n) is 6.23. The number of carbonyl (C=O) groups is 3. The van der Waals surface area contributed by atoms with Crippen molar-refractivity contribution in [2.45, 2.75) is 71.1 Å². The molecule has 1 aliphatic heterocycles. The first-order valence-corrected chi connectivity index (χ1v) is 16.1. The molecule has 0 aliphatic carbocycles. The fourth-order valence-corrected chi connectivity index (χ4v) is 6.23. The lowest BCUT2D eigenvalue weighted by Gasteiger charge is -2.33. The van der Waals surface area contributed by atoms with Gasteiger partial charge < -0.3 is 10.6 Å². The van der Waals surface area contributed by atoms with E-state index in [0.29, 0.717) is 11.5 Å². The van der Waals surface area contributed by atoms with Crippen molar-refractivity contribution in [1.29, 1.82) is 0 Å². The van der Waals surface area contributed by atoms with Gasteiger partial charge in [0.1, 0.15) is 17.4 Å². The second kappa shape index (κ2) is 14.3. The third-order valence-electron chi connectivity index (χ3n) is 8.70. The first kappa shape index (κ1) is 32.8. The van der Waals surface area contributed by atoms with Crippen molar-refractivity contribution >= 4 is 29.1 Å². The van der Waals surface area contributed by atoms with Gasteiger partial charge >= 0.3 is 6.03 Å². The van der Waals surface area contributed by atoms with Gasteiger partial charge in [-0.2, -0.15) is 5.10 Å². The Balaban J connectivity index is 1.42. The molecule has 8 nitrogen and oxygen atoms in total. The highest BCUT2D eigenvalue weighted by Gasteiger charge is 2.36. The van der Waals surface area contributed by atoms with Crippen molar-refractivity contribution in [2.24, 2.45) is 5.92 Å². The van der Waals surface area contributed by atoms with E-state index < -0.39 is 17.9 Å². The Morgan fingerprint density at radius 2 is 1.57 bits per heavy atom. The van der Waals surface area contributed by atoms with Gasteiger partial charge in [0, 0.05) is 29.5 Å². The molecule has 1 aliphatic rings. The van der Waals surface area contributed by atoms with Crippen LogP contribution < -0.4 is 16.0 Å².